The van der Waals surface area contributed by atoms with Crippen LogP contribution in [0.4, 0.5) is 0 Å². The molecule has 0 radical (unpaired) electrons. The number of halogens is 1. The minimum atomic E-state index is -0.138. The summed E-state index contributed by atoms with van der Waals surface area (Å²) in [5.74, 6) is 0.648. The van der Waals surface area contributed by atoms with Gasteiger partial charge >= 0.3 is 11.2 Å². The normalized spacial score (nSPS) is 10.4. The number of rotatable bonds is 1. The first-order valence-electron chi connectivity index (χ1n) is 4.89. The molecule has 17 heavy (non-hydrogen) atoms. The first-order valence-corrected chi connectivity index (χ1v) is 4.89. The maximum Gasteiger partial charge on any atom is 0.352 e. The summed E-state index contributed by atoms with van der Waals surface area (Å²) in [6.07, 6.45) is 7.07. The maximum absolute atomic E-state index is 11.8. The predicted molar refractivity (Wildman–Crippen MR) is 56.9 cm³/mol. The topological polar surface area (TPSA) is 54.3 Å². The summed E-state index contributed by atoms with van der Waals surface area (Å²) >= 11 is 0. The van der Waals surface area contributed by atoms with E-state index in [9.17, 15) is 4.79 Å². The Morgan fingerprint density at radius 2 is 2.29 bits per heavy atom. The SMILES string of the molecule is C[n+]1ccn2cc(-c3ccco3)[nH]c(=O)c21.[Br-]. The lowest BCUT2D eigenvalue weighted by Crippen LogP contribution is -3.00. The Bertz CT molecular complexity index is 697. The van der Waals surface area contributed by atoms with Crippen molar-refractivity contribution in [1.29, 1.82) is 0 Å². The van der Waals surface area contributed by atoms with Crippen LogP contribution < -0.4 is 27.1 Å². The molecule has 6 heteroatoms. The van der Waals surface area contributed by atoms with Crippen LogP contribution in [0.2, 0.25) is 0 Å². The second-order valence-electron chi connectivity index (χ2n) is 3.61. The monoisotopic (exact) mass is 295 g/mol. The van der Waals surface area contributed by atoms with Crippen molar-refractivity contribution in [3.05, 3.63) is 47.3 Å². The van der Waals surface area contributed by atoms with E-state index in [-0.39, 0.29) is 22.5 Å². The van der Waals surface area contributed by atoms with E-state index in [1.807, 2.05) is 25.6 Å². The van der Waals surface area contributed by atoms with E-state index in [1.165, 1.54) is 0 Å². The van der Waals surface area contributed by atoms with Gasteiger partial charge in [0.1, 0.15) is 24.3 Å². The number of hydrogen-bond donors (Lipinski definition) is 1. The molecule has 88 valence electrons. The van der Waals surface area contributed by atoms with Gasteiger partial charge in [-0.3, -0.25) is 4.79 Å². The van der Waals surface area contributed by atoms with Crippen molar-refractivity contribution < 1.29 is 26.0 Å². The Kier molecular flexibility index (Phi) is 2.89. The predicted octanol–water partition coefficient (Wildman–Crippen LogP) is -2.28. The van der Waals surface area contributed by atoms with Crippen LogP contribution in [-0.2, 0) is 7.05 Å². The third kappa shape index (κ3) is 1.80. The number of furan rings is 1. The van der Waals surface area contributed by atoms with Crippen molar-refractivity contribution in [1.82, 2.24) is 9.38 Å². The third-order valence-electron chi connectivity index (χ3n) is 2.54. The van der Waals surface area contributed by atoms with Crippen molar-refractivity contribution in [3.8, 4) is 11.5 Å². The molecule has 3 aromatic heterocycles. The van der Waals surface area contributed by atoms with Gasteiger partial charge in [-0.05, 0) is 12.1 Å². The molecule has 0 spiro atoms. The maximum atomic E-state index is 11.8. The van der Waals surface area contributed by atoms with Crippen LogP contribution in [0.3, 0.4) is 0 Å². The molecule has 5 nitrogen and oxygen atoms in total. The Morgan fingerprint density at radius 3 is 3.00 bits per heavy atom. The number of aromatic amines is 1. The van der Waals surface area contributed by atoms with Crippen molar-refractivity contribution >= 4 is 5.65 Å². The molecule has 1 N–H and O–H groups in total. The largest absolute Gasteiger partial charge is 1.00 e. The van der Waals surface area contributed by atoms with Gasteiger partial charge in [-0.15, -0.1) is 0 Å². The molecule has 0 aliphatic rings. The fourth-order valence-corrected chi connectivity index (χ4v) is 1.78. The first-order chi connectivity index (χ1) is 7.75. The Hall–Kier alpha value is -1.82. The highest BCUT2D eigenvalue weighted by Gasteiger charge is 2.14. The van der Waals surface area contributed by atoms with E-state index in [0.29, 0.717) is 17.1 Å². The van der Waals surface area contributed by atoms with E-state index in [4.69, 9.17) is 4.42 Å². The van der Waals surface area contributed by atoms with Crippen LogP contribution >= 0.6 is 0 Å². The van der Waals surface area contributed by atoms with E-state index in [1.54, 1.807) is 27.4 Å². The number of fused-ring (bicyclic) bond motifs is 1. The summed E-state index contributed by atoms with van der Waals surface area (Å²) in [7, 11) is 1.83. The van der Waals surface area contributed by atoms with Crippen LogP contribution in [0.1, 0.15) is 0 Å². The van der Waals surface area contributed by atoms with Gasteiger partial charge in [0.05, 0.1) is 13.3 Å². The van der Waals surface area contributed by atoms with Crippen LogP contribution in [0.5, 0.6) is 0 Å². The minimum absolute atomic E-state index is 0. The molecule has 3 rings (SSSR count). The minimum Gasteiger partial charge on any atom is -1.00 e. The zero-order valence-electron chi connectivity index (χ0n) is 9.05. The number of aryl methyl sites for hydroxylation is 1. The van der Waals surface area contributed by atoms with Crippen LogP contribution in [0, 0.1) is 0 Å². The van der Waals surface area contributed by atoms with Crippen molar-refractivity contribution in [2.45, 2.75) is 0 Å². The molecule has 3 heterocycles. The highest BCUT2D eigenvalue weighted by atomic mass is 79.9. The van der Waals surface area contributed by atoms with Gasteiger partial charge in [-0.25, -0.2) is 4.57 Å². The van der Waals surface area contributed by atoms with Crippen molar-refractivity contribution in [2.24, 2.45) is 7.05 Å². The molecule has 0 aliphatic carbocycles. The molecule has 0 fully saturated rings. The zero-order chi connectivity index (χ0) is 11.1. The summed E-state index contributed by atoms with van der Waals surface area (Å²) in [5, 5.41) is 0. The molecule has 0 aliphatic heterocycles. The lowest BCUT2D eigenvalue weighted by atomic mass is 10.3. The molecule has 0 amide bonds. The van der Waals surface area contributed by atoms with Crippen LogP contribution in [0.15, 0.2) is 46.2 Å². The molecule has 0 unspecified atom stereocenters. The average Bonchev–Trinajstić information content (AvgIpc) is 2.87. The Labute approximate surface area is 107 Å². The van der Waals surface area contributed by atoms with Gasteiger partial charge < -0.3 is 26.4 Å². The molecule has 0 bridgehead atoms. The van der Waals surface area contributed by atoms with Gasteiger partial charge in [0.2, 0.25) is 0 Å². The average molecular weight is 296 g/mol. The van der Waals surface area contributed by atoms with Crippen molar-refractivity contribution in [3.63, 3.8) is 0 Å². The number of nitrogens with one attached hydrogen (secondary N) is 1. The Morgan fingerprint density at radius 1 is 1.47 bits per heavy atom. The number of aromatic nitrogens is 3. The summed E-state index contributed by atoms with van der Waals surface area (Å²) in [6.45, 7) is 0. The van der Waals surface area contributed by atoms with Crippen LogP contribution in [-0.4, -0.2) is 9.38 Å². The van der Waals surface area contributed by atoms with Crippen LogP contribution in [0.25, 0.3) is 17.1 Å². The Balaban J connectivity index is 0.00000108. The fourth-order valence-electron chi connectivity index (χ4n) is 1.78. The van der Waals surface area contributed by atoms with E-state index in [0.717, 1.165) is 0 Å². The number of hydrogen-bond acceptors (Lipinski definition) is 2. The highest BCUT2D eigenvalue weighted by Crippen LogP contribution is 2.15. The second-order valence-corrected chi connectivity index (χ2v) is 3.61. The molecule has 0 saturated heterocycles. The molecule has 0 atom stereocenters. The van der Waals surface area contributed by atoms with Crippen molar-refractivity contribution in [2.75, 3.05) is 0 Å². The quantitative estimate of drug-likeness (QED) is 0.514. The third-order valence-corrected chi connectivity index (χ3v) is 2.54. The van der Waals surface area contributed by atoms with Gasteiger partial charge in [-0.1, -0.05) is 0 Å². The number of nitrogens with zero attached hydrogens (tertiary/aromatic N) is 2. The van der Waals surface area contributed by atoms with Gasteiger partial charge in [0, 0.05) is 0 Å². The number of H-pyrrole nitrogens is 1. The van der Waals surface area contributed by atoms with E-state index < -0.39 is 0 Å². The molecular weight excluding hydrogens is 286 g/mol. The number of imidazole rings is 1. The van der Waals surface area contributed by atoms with Gasteiger partial charge in [0.25, 0.3) is 0 Å². The lowest BCUT2D eigenvalue weighted by molar-refractivity contribution is -0.645. The summed E-state index contributed by atoms with van der Waals surface area (Å²) < 4.78 is 8.78. The summed E-state index contributed by atoms with van der Waals surface area (Å²) in [5.41, 5.74) is 1.12. The lowest BCUT2D eigenvalue weighted by Gasteiger charge is -1.94. The fraction of sp³-hybridized carbons (Fsp3) is 0.0909. The van der Waals surface area contributed by atoms with E-state index in [2.05, 4.69) is 4.98 Å². The highest BCUT2D eigenvalue weighted by molar-refractivity contribution is 5.51. The molecule has 0 aromatic carbocycles. The molecule has 3 aromatic rings. The van der Waals surface area contributed by atoms with Gasteiger partial charge in [-0.2, -0.15) is 4.40 Å². The van der Waals surface area contributed by atoms with Gasteiger partial charge in [0.15, 0.2) is 5.76 Å². The summed E-state index contributed by atoms with van der Waals surface area (Å²) in [4.78, 5) is 14.6. The molecule has 0 saturated carbocycles. The van der Waals surface area contributed by atoms with E-state index >= 15 is 0 Å². The first kappa shape index (κ1) is 11.7. The standard InChI is InChI=1S/C11H9N3O2.BrH/c1-13-4-5-14-7-8(9-3-2-6-16-9)12-10(15)11(13)14;/h2-7H,1H3;1H. The second kappa shape index (κ2) is 4.21. The zero-order valence-corrected chi connectivity index (χ0v) is 10.6. The molecular formula is C11H10BrN3O2. The smallest absolute Gasteiger partial charge is 0.352 e. The summed E-state index contributed by atoms with van der Waals surface area (Å²) in [6, 6.07) is 3.59.